The van der Waals surface area contributed by atoms with Gasteiger partial charge in [0, 0.05) is 20.1 Å². The van der Waals surface area contributed by atoms with Crippen molar-refractivity contribution in [3.8, 4) is 0 Å². The summed E-state index contributed by atoms with van der Waals surface area (Å²) in [6, 6.07) is -1.03. The lowest BCUT2D eigenvalue weighted by Crippen LogP contribution is -2.52. The highest BCUT2D eigenvalue weighted by Crippen LogP contribution is 2.22. The zero-order valence-corrected chi connectivity index (χ0v) is 12.4. The molecule has 8 nitrogen and oxygen atoms in total. The van der Waals surface area contributed by atoms with Crippen LogP contribution in [0.1, 0.15) is 25.7 Å². The number of carboxylic acids is 1. The van der Waals surface area contributed by atoms with Crippen LogP contribution in [-0.2, 0) is 24.5 Å². The van der Waals surface area contributed by atoms with Gasteiger partial charge >= 0.3 is 11.9 Å². The molecular weight excluding hydrogens is 288 g/mol. The Morgan fingerprint density at radius 1 is 1.40 bits per heavy atom. The number of ether oxygens (including phenoxy) is 1. The average Bonchev–Trinajstić information content (AvgIpc) is 2.43. The highest BCUT2D eigenvalue weighted by Gasteiger charge is 2.38. The van der Waals surface area contributed by atoms with Gasteiger partial charge in [-0.05, 0) is 19.3 Å². The second kappa shape index (κ2) is 7.00. The lowest BCUT2D eigenvalue weighted by atomic mass is 10.1. The summed E-state index contributed by atoms with van der Waals surface area (Å²) in [5, 5.41) is 9.11. The molecule has 0 aromatic rings. The van der Waals surface area contributed by atoms with Crippen molar-refractivity contribution < 1.29 is 27.9 Å². The van der Waals surface area contributed by atoms with Gasteiger partial charge in [0.05, 0.1) is 13.5 Å². The molecule has 1 fully saturated rings. The summed E-state index contributed by atoms with van der Waals surface area (Å²) in [5.41, 5.74) is 0. The molecule has 20 heavy (non-hydrogen) atoms. The summed E-state index contributed by atoms with van der Waals surface area (Å²) < 4.78 is 31.1. The Balaban J connectivity index is 2.79. The fourth-order valence-electron chi connectivity index (χ4n) is 2.07. The average molecular weight is 308 g/mol. The Morgan fingerprint density at radius 2 is 2.05 bits per heavy atom. The second-order valence-corrected chi connectivity index (χ2v) is 6.60. The SMILES string of the molecule is COC(=O)CCN(C)S(=O)(=O)N1CCCCC1C(=O)O. The van der Waals surface area contributed by atoms with Crippen LogP contribution >= 0.6 is 0 Å². The summed E-state index contributed by atoms with van der Waals surface area (Å²) in [7, 11) is -1.33. The van der Waals surface area contributed by atoms with Crippen molar-refractivity contribution in [3.63, 3.8) is 0 Å². The molecule has 0 amide bonds. The molecule has 0 aromatic carbocycles. The van der Waals surface area contributed by atoms with E-state index in [0.717, 1.165) is 8.61 Å². The summed E-state index contributed by atoms with van der Waals surface area (Å²) in [6.07, 6.45) is 1.56. The molecule has 1 saturated heterocycles. The highest BCUT2D eigenvalue weighted by atomic mass is 32.2. The lowest BCUT2D eigenvalue weighted by Gasteiger charge is -2.34. The van der Waals surface area contributed by atoms with E-state index in [9.17, 15) is 18.0 Å². The number of rotatable bonds is 6. The molecule has 1 rings (SSSR count). The quantitative estimate of drug-likeness (QED) is 0.673. The van der Waals surface area contributed by atoms with Gasteiger partial charge in [-0.3, -0.25) is 9.59 Å². The molecule has 1 heterocycles. The first-order chi connectivity index (χ1) is 9.30. The predicted octanol–water partition coefficient (Wildman–Crippen LogP) is -0.335. The summed E-state index contributed by atoms with van der Waals surface area (Å²) in [6.45, 7) is 0.139. The van der Waals surface area contributed by atoms with Gasteiger partial charge in [0.2, 0.25) is 0 Å². The molecule has 1 atom stereocenters. The Bertz CT molecular complexity index is 464. The van der Waals surface area contributed by atoms with Crippen LogP contribution in [0.5, 0.6) is 0 Å². The predicted molar refractivity (Wildman–Crippen MR) is 70.2 cm³/mol. The van der Waals surface area contributed by atoms with Crippen LogP contribution in [0.15, 0.2) is 0 Å². The third kappa shape index (κ3) is 3.90. The van der Waals surface area contributed by atoms with E-state index < -0.39 is 28.2 Å². The largest absolute Gasteiger partial charge is 0.480 e. The minimum absolute atomic E-state index is 0.0438. The smallest absolute Gasteiger partial charge is 0.322 e. The standard InChI is InChI=1S/C11H20N2O6S/c1-12(8-6-10(14)19-2)20(17,18)13-7-4-3-5-9(13)11(15)16/h9H,3-8H2,1-2H3,(H,15,16). The lowest BCUT2D eigenvalue weighted by molar-refractivity contribution is -0.143. The van der Waals surface area contributed by atoms with Crippen molar-refractivity contribution in [1.29, 1.82) is 0 Å². The number of hydrogen-bond donors (Lipinski definition) is 1. The third-order valence-electron chi connectivity index (χ3n) is 3.29. The van der Waals surface area contributed by atoms with E-state index in [2.05, 4.69) is 4.74 Å². The second-order valence-electron chi connectivity index (χ2n) is 4.62. The molecule has 0 bridgehead atoms. The Labute approximate surface area is 118 Å². The number of nitrogens with zero attached hydrogens (tertiary/aromatic N) is 2. The number of piperidine rings is 1. The summed E-state index contributed by atoms with van der Waals surface area (Å²) >= 11 is 0. The van der Waals surface area contributed by atoms with E-state index >= 15 is 0 Å². The van der Waals surface area contributed by atoms with Crippen molar-refractivity contribution in [1.82, 2.24) is 8.61 Å². The molecular formula is C11H20N2O6S. The van der Waals surface area contributed by atoms with Crippen molar-refractivity contribution in [3.05, 3.63) is 0 Å². The maximum atomic E-state index is 12.3. The number of esters is 1. The molecule has 9 heteroatoms. The first-order valence-electron chi connectivity index (χ1n) is 6.33. The number of carboxylic acid groups (broad SMARTS) is 1. The fraction of sp³-hybridized carbons (Fsp3) is 0.818. The zero-order chi connectivity index (χ0) is 15.3. The Morgan fingerprint density at radius 3 is 2.60 bits per heavy atom. The van der Waals surface area contributed by atoms with Crippen LogP contribution in [0, 0.1) is 0 Å². The maximum Gasteiger partial charge on any atom is 0.322 e. The van der Waals surface area contributed by atoms with E-state index in [1.54, 1.807) is 0 Å². The molecule has 0 aromatic heterocycles. The molecule has 0 saturated carbocycles. The molecule has 0 aliphatic carbocycles. The van der Waals surface area contributed by atoms with Gasteiger partial charge in [0.25, 0.3) is 10.2 Å². The third-order valence-corrected chi connectivity index (χ3v) is 5.29. The van der Waals surface area contributed by atoms with Crippen LogP contribution < -0.4 is 0 Å². The van der Waals surface area contributed by atoms with Gasteiger partial charge in [-0.15, -0.1) is 0 Å². The van der Waals surface area contributed by atoms with E-state index in [4.69, 9.17) is 5.11 Å². The van der Waals surface area contributed by atoms with Crippen LogP contribution in [-0.4, -0.2) is 67.4 Å². The molecule has 1 aliphatic rings. The normalized spacial score (nSPS) is 20.9. The van der Waals surface area contributed by atoms with Gasteiger partial charge < -0.3 is 9.84 Å². The molecule has 1 aliphatic heterocycles. The van der Waals surface area contributed by atoms with Crippen molar-refractivity contribution in [2.24, 2.45) is 0 Å². The van der Waals surface area contributed by atoms with E-state index in [1.165, 1.54) is 14.2 Å². The van der Waals surface area contributed by atoms with Gasteiger partial charge in [-0.1, -0.05) is 0 Å². The monoisotopic (exact) mass is 308 g/mol. The first-order valence-corrected chi connectivity index (χ1v) is 7.73. The fourth-order valence-corrected chi connectivity index (χ4v) is 3.63. The van der Waals surface area contributed by atoms with Gasteiger partial charge in [-0.25, -0.2) is 0 Å². The Hall–Kier alpha value is -1.19. The number of aliphatic carboxylic acids is 1. The van der Waals surface area contributed by atoms with E-state index in [0.29, 0.717) is 19.3 Å². The topological polar surface area (TPSA) is 104 Å². The molecule has 0 spiro atoms. The van der Waals surface area contributed by atoms with Crippen molar-refractivity contribution >= 4 is 22.1 Å². The Kier molecular flexibility index (Phi) is 5.90. The van der Waals surface area contributed by atoms with Gasteiger partial charge in [0.15, 0.2) is 0 Å². The maximum absolute atomic E-state index is 12.3. The number of carbonyl (C=O) groups is 2. The van der Waals surface area contributed by atoms with Crippen LogP contribution in [0.4, 0.5) is 0 Å². The summed E-state index contributed by atoms with van der Waals surface area (Å²) in [4.78, 5) is 22.2. The van der Waals surface area contributed by atoms with Gasteiger partial charge in [0.1, 0.15) is 6.04 Å². The number of methoxy groups -OCH3 is 1. The molecule has 1 N–H and O–H groups in total. The zero-order valence-electron chi connectivity index (χ0n) is 11.6. The molecule has 1 unspecified atom stereocenters. The minimum atomic E-state index is -3.88. The first kappa shape index (κ1) is 16.9. The highest BCUT2D eigenvalue weighted by molar-refractivity contribution is 7.86. The van der Waals surface area contributed by atoms with Crippen LogP contribution in [0.2, 0.25) is 0 Å². The van der Waals surface area contributed by atoms with E-state index in [-0.39, 0.29) is 19.5 Å². The van der Waals surface area contributed by atoms with Crippen LogP contribution in [0.25, 0.3) is 0 Å². The van der Waals surface area contributed by atoms with Crippen molar-refractivity contribution in [2.45, 2.75) is 31.7 Å². The number of hydrogen-bond acceptors (Lipinski definition) is 5. The van der Waals surface area contributed by atoms with Gasteiger partial charge in [-0.2, -0.15) is 17.0 Å². The summed E-state index contributed by atoms with van der Waals surface area (Å²) in [5.74, 6) is -1.66. The minimum Gasteiger partial charge on any atom is -0.480 e. The molecule has 0 radical (unpaired) electrons. The number of carbonyl (C=O) groups excluding carboxylic acids is 1. The van der Waals surface area contributed by atoms with Crippen LogP contribution in [0.3, 0.4) is 0 Å². The van der Waals surface area contributed by atoms with E-state index in [1.807, 2.05) is 0 Å². The van der Waals surface area contributed by atoms with Crippen molar-refractivity contribution in [2.75, 3.05) is 27.2 Å². The molecule has 116 valence electrons.